The maximum absolute atomic E-state index is 6.01. The van der Waals surface area contributed by atoms with Crippen LogP contribution in [0.4, 0.5) is 5.82 Å². The summed E-state index contributed by atoms with van der Waals surface area (Å²) in [5.41, 5.74) is 9.50. The smallest absolute Gasteiger partial charge is 0.251 e. The summed E-state index contributed by atoms with van der Waals surface area (Å²) in [6.07, 6.45) is 1.74. The molecule has 0 spiro atoms. The fraction of sp³-hybridized carbons (Fsp3) is 0. The van der Waals surface area contributed by atoms with Crippen molar-refractivity contribution in [3.8, 4) is 34.0 Å². The van der Waals surface area contributed by atoms with Gasteiger partial charge < -0.3 is 10.2 Å². The number of anilines is 1. The van der Waals surface area contributed by atoms with Gasteiger partial charge in [-0.3, -0.25) is 0 Å². The van der Waals surface area contributed by atoms with Crippen LogP contribution in [0.3, 0.4) is 0 Å². The highest BCUT2D eigenvalue weighted by Gasteiger charge is 2.14. The maximum atomic E-state index is 6.01. The van der Waals surface area contributed by atoms with Crippen LogP contribution in [0.15, 0.2) is 77.3 Å². The molecule has 4 rings (SSSR count). The molecule has 24 heavy (non-hydrogen) atoms. The van der Waals surface area contributed by atoms with Gasteiger partial charge in [-0.1, -0.05) is 48.5 Å². The molecule has 116 valence electrons. The molecule has 0 amide bonds. The molecular weight excluding hydrogens is 300 g/mol. The zero-order valence-corrected chi connectivity index (χ0v) is 12.8. The molecule has 5 nitrogen and oxygen atoms in total. The molecule has 0 bridgehead atoms. The van der Waals surface area contributed by atoms with Gasteiger partial charge in [0.05, 0.1) is 5.56 Å². The van der Waals surface area contributed by atoms with Crippen molar-refractivity contribution < 1.29 is 4.42 Å². The van der Waals surface area contributed by atoms with Crippen molar-refractivity contribution in [1.29, 1.82) is 0 Å². The molecule has 0 atom stereocenters. The van der Waals surface area contributed by atoms with E-state index in [1.807, 2.05) is 66.7 Å². The molecule has 0 aliphatic carbocycles. The molecule has 0 radical (unpaired) electrons. The Kier molecular flexibility index (Phi) is 3.51. The van der Waals surface area contributed by atoms with Crippen molar-refractivity contribution in [1.82, 2.24) is 15.2 Å². The zero-order chi connectivity index (χ0) is 16.4. The summed E-state index contributed by atoms with van der Waals surface area (Å²) in [5.74, 6) is 1.17. The zero-order valence-electron chi connectivity index (χ0n) is 12.8. The summed E-state index contributed by atoms with van der Waals surface area (Å²) in [7, 11) is 0. The minimum absolute atomic E-state index is 0.358. The lowest BCUT2D eigenvalue weighted by atomic mass is 10.1. The van der Waals surface area contributed by atoms with Crippen LogP contribution >= 0.6 is 0 Å². The molecule has 2 aromatic carbocycles. The number of benzene rings is 2. The predicted molar refractivity (Wildman–Crippen MR) is 92.8 cm³/mol. The van der Waals surface area contributed by atoms with Gasteiger partial charge in [-0.15, -0.1) is 10.2 Å². The van der Waals surface area contributed by atoms with E-state index in [1.54, 1.807) is 6.20 Å². The van der Waals surface area contributed by atoms with Gasteiger partial charge in [-0.25, -0.2) is 4.98 Å². The minimum Gasteiger partial charge on any atom is -0.416 e. The minimum atomic E-state index is 0.358. The van der Waals surface area contributed by atoms with Crippen LogP contribution in [0, 0.1) is 0 Å². The van der Waals surface area contributed by atoms with Gasteiger partial charge >= 0.3 is 0 Å². The molecule has 0 aliphatic heterocycles. The van der Waals surface area contributed by atoms with Gasteiger partial charge in [-0.2, -0.15) is 0 Å². The SMILES string of the molecule is Nc1ncc(-c2ccccc2)cc1-c1nnc(-c2ccccc2)o1. The number of hydrogen-bond donors (Lipinski definition) is 1. The molecule has 4 aromatic rings. The number of nitrogens with two attached hydrogens (primary N) is 1. The van der Waals surface area contributed by atoms with E-state index < -0.39 is 0 Å². The summed E-state index contributed by atoms with van der Waals surface area (Å²) in [6.45, 7) is 0. The normalized spacial score (nSPS) is 10.7. The molecule has 5 heteroatoms. The third-order valence-corrected chi connectivity index (χ3v) is 3.70. The maximum Gasteiger partial charge on any atom is 0.251 e. The van der Waals surface area contributed by atoms with Gasteiger partial charge in [0.15, 0.2) is 0 Å². The van der Waals surface area contributed by atoms with Crippen molar-refractivity contribution in [3.05, 3.63) is 72.9 Å². The lowest BCUT2D eigenvalue weighted by Crippen LogP contribution is -1.95. The Labute approximate surface area is 138 Å². The van der Waals surface area contributed by atoms with Gasteiger partial charge in [0.2, 0.25) is 5.89 Å². The highest BCUT2D eigenvalue weighted by atomic mass is 16.4. The van der Waals surface area contributed by atoms with Crippen LogP contribution < -0.4 is 5.73 Å². The second-order valence-corrected chi connectivity index (χ2v) is 5.30. The van der Waals surface area contributed by atoms with Crippen molar-refractivity contribution in [2.24, 2.45) is 0 Å². The Morgan fingerprint density at radius 1 is 0.708 bits per heavy atom. The second-order valence-electron chi connectivity index (χ2n) is 5.30. The first-order chi connectivity index (χ1) is 11.8. The van der Waals surface area contributed by atoms with Crippen molar-refractivity contribution in [2.75, 3.05) is 5.73 Å². The number of hydrogen-bond acceptors (Lipinski definition) is 5. The van der Waals surface area contributed by atoms with E-state index in [4.69, 9.17) is 10.2 Å². The Hall–Kier alpha value is -3.47. The van der Waals surface area contributed by atoms with E-state index in [1.165, 1.54) is 0 Å². The van der Waals surface area contributed by atoms with Gasteiger partial charge in [0.25, 0.3) is 5.89 Å². The quantitative estimate of drug-likeness (QED) is 0.617. The number of nitrogens with zero attached hydrogens (tertiary/aromatic N) is 3. The molecular formula is C19H14N4O. The third kappa shape index (κ3) is 2.63. The summed E-state index contributed by atoms with van der Waals surface area (Å²) >= 11 is 0. The van der Waals surface area contributed by atoms with Crippen LogP contribution in [0.1, 0.15) is 0 Å². The third-order valence-electron chi connectivity index (χ3n) is 3.70. The van der Waals surface area contributed by atoms with Crippen LogP contribution in [0.5, 0.6) is 0 Å². The lowest BCUT2D eigenvalue weighted by molar-refractivity contribution is 0.584. The largest absolute Gasteiger partial charge is 0.416 e. The first-order valence-corrected chi connectivity index (χ1v) is 7.51. The van der Waals surface area contributed by atoms with Gasteiger partial charge in [-0.05, 0) is 23.8 Å². The van der Waals surface area contributed by atoms with Crippen molar-refractivity contribution >= 4 is 5.82 Å². The van der Waals surface area contributed by atoms with Crippen LogP contribution in [0.2, 0.25) is 0 Å². The first-order valence-electron chi connectivity index (χ1n) is 7.51. The number of aromatic nitrogens is 3. The summed E-state index contributed by atoms with van der Waals surface area (Å²) in [6, 6.07) is 21.5. The van der Waals surface area contributed by atoms with E-state index in [0.717, 1.165) is 16.7 Å². The number of pyridine rings is 1. The Morgan fingerprint density at radius 2 is 1.33 bits per heavy atom. The van der Waals surface area contributed by atoms with E-state index in [0.29, 0.717) is 23.2 Å². The van der Waals surface area contributed by atoms with Gasteiger partial charge in [0.1, 0.15) is 5.82 Å². The van der Waals surface area contributed by atoms with E-state index in [9.17, 15) is 0 Å². The van der Waals surface area contributed by atoms with Crippen LogP contribution in [-0.4, -0.2) is 15.2 Å². The predicted octanol–water partition coefficient (Wildman–Crippen LogP) is 4.05. The first kappa shape index (κ1) is 14.1. The van der Waals surface area contributed by atoms with E-state index in [2.05, 4.69) is 15.2 Å². The molecule has 0 fully saturated rings. The average molecular weight is 314 g/mol. The summed E-state index contributed by atoms with van der Waals surface area (Å²) in [4.78, 5) is 4.26. The highest BCUT2D eigenvalue weighted by molar-refractivity contribution is 5.75. The molecule has 0 aliphatic rings. The monoisotopic (exact) mass is 314 g/mol. The molecule has 2 aromatic heterocycles. The molecule has 0 saturated carbocycles. The molecule has 0 unspecified atom stereocenters. The summed E-state index contributed by atoms with van der Waals surface area (Å²) in [5, 5.41) is 8.23. The van der Waals surface area contributed by atoms with E-state index >= 15 is 0 Å². The Bertz CT molecular complexity index is 965. The molecule has 2 heterocycles. The van der Waals surface area contributed by atoms with E-state index in [-0.39, 0.29) is 0 Å². The summed E-state index contributed by atoms with van der Waals surface area (Å²) < 4.78 is 5.79. The van der Waals surface area contributed by atoms with Crippen LogP contribution in [-0.2, 0) is 0 Å². The highest BCUT2D eigenvalue weighted by Crippen LogP contribution is 2.30. The van der Waals surface area contributed by atoms with Crippen molar-refractivity contribution in [2.45, 2.75) is 0 Å². The van der Waals surface area contributed by atoms with Crippen molar-refractivity contribution in [3.63, 3.8) is 0 Å². The molecule has 2 N–H and O–H groups in total. The Morgan fingerprint density at radius 3 is 2.04 bits per heavy atom. The van der Waals surface area contributed by atoms with Gasteiger partial charge in [0, 0.05) is 17.3 Å². The second kappa shape index (κ2) is 5.96. The average Bonchev–Trinajstić information content (AvgIpc) is 3.13. The van der Waals surface area contributed by atoms with Crippen LogP contribution in [0.25, 0.3) is 34.0 Å². The fourth-order valence-corrected chi connectivity index (χ4v) is 2.46. The number of rotatable bonds is 3. The molecule has 0 saturated heterocycles. The lowest BCUT2D eigenvalue weighted by Gasteiger charge is -2.05. The number of nitrogen functional groups attached to an aromatic ring is 1. The topological polar surface area (TPSA) is 77.8 Å². The standard InChI is InChI=1S/C19H14N4O/c20-17-16(11-15(12-21-17)13-7-3-1-4-8-13)19-23-22-18(24-19)14-9-5-2-6-10-14/h1-12H,(H2,20,21). The Balaban J connectivity index is 1.76. The fourth-order valence-electron chi connectivity index (χ4n) is 2.46.